The smallest absolute Gasteiger partial charge is 0.335 e. The maximum Gasteiger partial charge on any atom is 0.335 e. The molecule has 0 spiro atoms. The van der Waals surface area contributed by atoms with Crippen molar-refractivity contribution in [3.05, 3.63) is 54.1 Å². The van der Waals surface area contributed by atoms with Gasteiger partial charge >= 0.3 is 5.97 Å². The Morgan fingerprint density at radius 2 is 1.89 bits per heavy atom. The molecular weight excluding hydrogens is 348 g/mol. The Labute approximate surface area is 156 Å². The van der Waals surface area contributed by atoms with Crippen molar-refractivity contribution in [3.8, 4) is 5.75 Å². The molecule has 2 aromatic rings. The van der Waals surface area contributed by atoms with E-state index in [1.807, 2.05) is 6.07 Å². The van der Waals surface area contributed by atoms with E-state index in [4.69, 9.17) is 9.84 Å². The van der Waals surface area contributed by atoms with Crippen LogP contribution in [0.15, 0.2) is 48.5 Å². The zero-order valence-electron chi connectivity index (χ0n) is 15.1. The van der Waals surface area contributed by atoms with Gasteiger partial charge in [0.05, 0.1) is 11.3 Å². The van der Waals surface area contributed by atoms with Crippen LogP contribution in [0.25, 0.3) is 0 Å². The summed E-state index contributed by atoms with van der Waals surface area (Å²) in [4.78, 5) is 37.6. The first kappa shape index (κ1) is 18.4. The van der Waals surface area contributed by atoms with Gasteiger partial charge in [0.1, 0.15) is 5.75 Å². The molecule has 0 saturated heterocycles. The molecule has 0 bridgehead atoms. The molecular formula is C20H20N2O5. The zero-order chi connectivity index (χ0) is 19.6. The van der Waals surface area contributed by atoms with E-state index >= 15 is 0 Å². The van der Waals surface area contributed by atoms with E-state index in [2.05, 4.69) is 5.32 Å². The number of carbonyl (C=O) groups excluding carboxylic acids is 2. The highest BCUT2D eigenvalue weighted by atomic mass is 16.5. The van der Waals surface area contributed by atoms with E-state index in [1.165, 1.54) is 12.1 Å². The lowest BCUT2D eigenvalue weighted by molar-refractivity contribution is -0.132. The first-order valence-corrected chi connectivity index (χ1v) is 8.51. The van der Waals surface area contributed by atoms with Crippen molar-refractivity contribution < 1.29 is 24.2 Å². The van der Waals surface area contributed by atoms with Crippen molar-refractivity contribution in [3.63, 3.8) is 0 Å². The van der Waals surface area contributed by atoms with Crippen molar-refractivity contribution in [1.82, 2.24) is 0 Å². The fourth-order valence-electron chi connectivity index (χ4n) is 2.91. The molecule has 0 fully saturated rings. The molecule has 0 aromatic heterocycles. The largest absolute Gasteiger partial charge is 0.478 e. The number of ether oxygens (including phenoxy) is 1. The standard InChI is InChI=1S/C20H20N2O5/c1-20(2)19(26)22(15-8-3-4-9-16(15)27-20)11-10-17(23)21-14-7-5-6-13(12-14)18(24)25/h3-9,12H,10-11H2,1-2H3,(H,21,23)(H,24,25). The Morgan fingerprint density at radius 3 is 2.63 bits per heavy atom. The van der Waals surface area contributed by atoms with Crippen molar-refractivity contribution >= 4 is 29.2 Å². The van der Waals surface area contributed by atoms with E-state index < -0.39 is 11.6 Å². The molecule has 2 aromatic carbocycles. The molecule has 0 aliphatic carbocycles. The summed E-state index contributed by atoms with van der Waals surface area (Å²) in [5, 5.41) is 11.7. The third-order valence-corrected chi connectivity index (χ3v) is 4.24. The molecule has 1 aliphatic heterocycles. The summed E-state index contributed by atoms with van der Waals surface area (Å²) in [5.74, 6) is -1.01. The first-order valence-electron chi connectivity index (χ1n) is 8.51. The maximum absolute atomic E-state index is 12.7. The molecule has 140 valence electrons. The van der Waals surface area contributed by atoms with Gasteiger partial charge in [0, 0.05) is 18.7 Å². The number of hydrogen-bond acceptors (Lipinski definition) is 4. The van der Waals surface area contributed by atoms with Gasteiger partial charge in [0.2, 0.25) is 5.91 Å². The number of amides is 2. The second-order valence-electron chi connectivity index (χ2n) is 6.72. The normalized spacial score (nSPS) is 14.9. The molecule has 1 aliphatic rings. The third-order valence-electron chi connectivity index (χ3n) is 4.24. The van der Waals surface area contributed by atoms with Crippen LogP contribution in [0.3, 0.4) is 0 Å². The van der Waals surface area contributed by atoms with Gasteiger partial charge in [-0.2, -0.15) is 0 Å². The van der Waals surface area contributed by atoms with Crippen LogP contribution >= 0.6 is 0 Å². The number of carboxylic acid groups (broad SMARTS) is 1. The van der Waals surface area contributed by atoms with Gasteiger partial charge in [-0.15, -0.1) is 0 Å². The van der Waals surface area contributed by atoms with E-state index in [-0.39, 0.29) is 30.3 Å². The number of anilines is 2. The van der Waals surface area contributed by atoms with E-state index in [0.717, 1.165) is 0 Å². The van der Waals surface area contributed by atoms with Crippen molar-refractivity contribution in [2.24, 2.45) is 0 Å². The Morgan fingerprint density at radius 1 is 1.15 bits per heavy atom. The van der Waals surface area contributed by atoms with Crippen LogP contribution in [0.1, 0.15) is 30.6 Å². The van der Waals surface area contributed by atoms with Crippen LogP contribution in [0.5, 0.6) is 5.75 Å². The minimum absolute atomic E-state index is 0.0629. The molecule has 1 heterocycles. The van der Waals surface area contributed by atoms with Crippen molar-refractivity contribution in [1.29, 1.82) is 0 Å². The molecule has 7 nitrogen and oxygen atoms in total. The number of benzene rings is 2. The Kier molecular flexibility index (Phi) is 4.85. The summed E-state index contributed by atoms with van der Waals surface area (Å²) >= 11 is 0. The quantitative estimate of drug-likeness (QED) is 0.846. The monoisotopic (exact) mass is 368 g/mol. The minimum Gasteiger partial charge on any atom is -0.478 e. The van der Waals surface area contributed by atoms with Crippen LogP contribution in [-0.2, 0) is 9.59 Å². The minimum atomic E-state index is -1.07. The van der Waals surface area contributed by atoms with Crippen LogP contribution in [0.4, 0.5) is 11.4 Å². The zero-order valence-corrected chi connectivity index (χ0v) is 15.1. The van der Waals surface area contributed by atoms with Gasteiger partial charge in [0.25, 0.3) is 5.91 Å². The number of para-hydroxylation sites is 2. The second kappa shape index (κ2) is 7.11. The number of nitrogens with one attached hydrogen (secondary N) is 1. The Balaban J connectivity index is 1.70. The summed E-state index contributed by atoms with van der Waals surface area (Å²) in [5.41, 5.74) is 0.101. The highest BCUT2D eigenvalue weighted by Gasteiger charge is 2.40. The Bertz CT molecular complexity index is 907. The first-order chi connectivity index (χ1) is 12.8. The average molecular weight is 368 g/mol. The molecule has 3 rings (SSSR count). The number of hydrogen-bond donors (Lipinski definition) is 2. The fourth-order valence-corrected chi connectivity index (χ4v) is 2.91. The van der Waals surface area contributed by atoms with Crippen molar-refractivity contribution in [2.45, 2.75) is 25.9 Å². The predicted octanol–water partition coefficient (Wildman–Crippen LogP) is 2.92. The van der Waals surface area contributed by atoms with E-state index in [1.54, 1.807) is 49.1 Å². The molecule has 0 radical (unpaired) electrons. The van der Waals surface area contributed by atoms with Crippen LogP contribution < -0.4 is 15.0 Å². The molecule has 27 heavy (non-hydrogen) atoms. The number of carbonyl (C=O) groups is 3. The number of carboxylic acids is 1. The lowest BCUT2D eigenvalue weighted by Gasteiger charge is -2.38. The molecule has 2 N–H and O–H groups in total. The fraction of sp³-hybridized carbons (Fsp3) is 0.250. The Hall–Kier alpha value is -3.35. The summed E-state index contributed by atoms with van der Waals surface area (Å²) in [7, 11) is 0. The number of rotatable bonds is 5. The summed E-state index contributed by atoms with van der Waals surface area (Å²) < 4.78 is 5.75. The molecule has 0 atom stereocenters. The van der Waals surface area contributed by atoms with Gasteiger partial charge in [-0.25, -0.2) is 4.79 Å². The van der Waals surface area contributed by atoms with Gasteiger partial charge < -0.3 is 20.1 Å². The van der Waals surface area contributed by atoms with Gasteiger partial charge in [-0.05, 0) is 44.2 Å². The van der Waals surface area contributed by atoms with Crippen molar-refractivity contribution in [2.75, 3.05) is 16.8 Å². The lowest BCUT2D eigenvalue weighted by Crippen LogP contribution is -2.53. The number of fused-ring (bicyclic) bond motifs is 1. The van der Waals surface area contributed by atoms with E-state index in [9.17, 15) is 14.4 Å². The van der Waals surface area contributed by atoms with E-state index in [0.29, 0.717) is 17.1 Å². The van der Waals surface area contributed by atoms with Crippen LogP contribution in [-0.4, -0.2) is 35.0 Å². The average Bonchev–Trinajstić information content (AvgIpc) is 2.62. The molecule has 2 amide bonds. The number of nitrogens with zero attached hydrogens (tertiary/aromatic N) is 1. The molecule has 0 unspecified atom stereocenters. The van der Waals surface area contributed by atoms with Gasteiger partial charge in [0.15, 0.2) is 5.60 Å². The predicted molar refractivity (Wildman–Crippen MR) is 100 cm³/mol. The SMILES string of the molecule is CC1(C)Oc2ccccc2N(CCC(=O)Nc2cccc(C(=O)O)c2)C1=O. The van der Waals surface area contributed by atoms with Crippen LogP contribution in [0, 0.1) is 0 Å². The summed E-state index contributed by atoms with van der Waals surface area (Å²) in [6.45, 7) is 3.57. The summed E-state index contributed by atoms with van der Waals surface area (Å²) in [6.07, 6.45) is 0.0629. The maximum atomic E-state index is 12.7. The highest BCUT2D eigenvalue weighted by Crippen LogP contribution is 2.37. The lowest BCUT2D eigenvalue weighted by atomic mass is 10.0. The highest BCUT2D eigenvalue weighted by molar-refractivity contribution is 6.03. The van der Waals surface area contributed by atoms with Gasteiger partial charge in [-0.1, -0.05) is 18.2 Å². The third kappa shape index (κ3) is 3.92. The summed E-state index contributed by atoms with van der Waals surface area (Å²) in [6, 6.07) is 13.2. The van der Waals surface area contributed by atoms with Gasteiger partial charge in [-0.3, -0.25) is 9.59 Å². The number of aromatic carboxylic acids is 1. The molecule has 0 saturated carbocycles. The second-order valence-corrected chi connectivity index (χ2v) is 6.72. The topological polar surface area (TPSA) is 95.9 Å². The van der Waals surface area contributed by atoms with Crippen LogP contribution in [0.2, 0.25) is 0 Å². The molecule has 7 heteroatoms.